The Bertz CT molecular complexity index is 338. The van der Waals surface area contributed by atoms with Crippen molar-refractivity contribution in [2.45, 2.75) is 13.8 Å². The molecular weight excluding hydrogens is 199 g/mol. The van der Waals surface area contributed by atoms with Gasteiger partial charge in [-0.3, -0.25) is 4.79 Å². The molecule has 0 amide bonds. The highest BCUT2D eigenvalue weighted by atomic mass is 35.5. The molecule has 64 valence electrons. The van der Waals surface area contributed by atoms with Crippen molar-refractivity contribution in [2.24, 2.45) is 0 Å². The van der Waals surface area contributed by atoms with E-state index < -0.39 is 5.24 Å². The minimum atomic E-state index is -0.611. The fourth-order valence-corrected chi connectivity index (χ4v) is 1.18. The van der Waals surface area contributed by atoms with E-state index in [9.17, 15) is 4.79 Å². The highest BCUT2D eigenvalue weighted by Crippen LogP contribution is 2.16. The first kappa shape index (κ1) is 9.42. The van der Waals surface area contributed by atoms with Gasteiger partial charge in [0, 0.05) is 5.56 Å². The third-order valence-corrected chi connectivity index (χ3v) is 1.93. The number of carbonyl (C=O) groups excluding carboxylic acids is 1. The van der Waals surface area contributed by atoms with Crippen molar-refractivity contribution in [3.8, 4) is 0 Å². The molecule has 0 saturated carbocycles. The summed E-state index contributed by atoms with van der Waals surface area (Å²) in [5.74, 6) is 0.439. The van der Waals surface area contributed by atoms with Crippen LogP contribution in [0.15, 0.2) is 0 Å². The molecule has 12 heavy (non-hydrogen) atoms. The lowest BCUT2D eigenvalue weighted by Crippen LogP contribution is -2.03. The molecule has 1 rings (SSSR count). The minimum Gasteiger partial charge on any atom is -0.274 e. The molecule has 0 aliphatic heterocycles. The largest absolute Gasteiger partial charge is 0.274 e. The monoisotopic (exact) mass is 204 g/mol. The van der Waals surface area contributed by atoms with Gasteiger partial charge in [0.1, 0.15) is 16.7 Å². The summed E-state index contributed by atoms with van der Waals surface area (Å²) in [7, 11) is 0. The summed E-state index contributed by atoms with van der Waals surface area (Å²) in [5.41, 5.74) is 0.691. The van der Waals surface area contributed by atoms with Crippen LogP contribution in [-0.4, -0.2) is 15.2 Å². The molecule has 5 heteroatoms. The second-order valence-electron chi connectivity index (χ2n) is 2.31. The normalized spacial score (nSPS) is 10.0. The fraction of sp³-hybridized carbons (Fsp3) is 0.286. The van der Waals surface area contributed by atoms with Crippen LogP contribution in [0, 0.1) is 13.8 Å². The number of halogens is 2. The van der Waals surface area contributed by atoms with Crippen molar-refractivity contribution in [1.82, 2.24) is 9.97 Å². The summed E-state index contributed by atoms with van der Waals surface area (Å²) in [4.78, 5) is 18.5. The van der Waals surface area contributed by atoms with E-state index in [-0.39, 0.29) is 10.8 Å². The molecule has 0 fully saturated rings. The molecule has 0 unspecified atom stereocenters. The predicted molar refractivity (Wildman–Crippen MR) is 46.7 cm³/mol. The second-order valence-corrected chi connectivity index (χ2v) is 3.01. The van der Waals surface area contributed by atoms with E-state index in [1.807, 2.05) is 0 Å². The molecule has 0 aliphatic rings. The average Bonchev–Trinajstić information content (AvgIpc) is 1.96. The predicted octanol–water partition coefficient (Wildman–Crippen LogP) is 2.13. The number of aromatic nitrogens is 2. The number of carbonyl (C=O) groups is 1. The maximum absolute atomic E-state index is 10.8. The quantitative estimate of drug-likeness (QED) is 0.520. The Morgan fingerprint density at radius 3 is 2.42 bits per heavy atom. The first-order valence-electron chi connectivity index (χ1n) is 3.23. The van der Waals surface area contributed by atoms with Crippen LogP contribution in [0.25, 0.3) is 0 Å². The van der Waals surface area contributed by atoms with Crippen molar-refractivity contribution in [2.75, 3.05) is 0 Å². The molecule has 0 spiro atoms. The number of hydrogen-bond donors (Lipinski definition) is 0. The van der Waals surface area contributed by atoms with Gasteiger partial charge in [0.2, 0.25) is 0 Å². The Labute approximate surface area is 79.7 Å². The zero-order valence-electron chi connectivity index (χ0n) is 6.56. The molecule has 0 saturated heterocycles. The van der Waals surface area contributed by atoms with E-state index in [0.717, 1.165) is 0 Å². The summed E-state index contributed by atoms with van der Waals surface area (Å²) in [6, 6.07) is 0. The van der Waals surface area contributed by atoms with Crippen LogP contribution in [0.2, 0.25) is 5.15 Å². The zero-order valence-corrected chi connectivity index (χ0v) is 8.07. The minimum absolute atomic E-state index is 0.175. The zero-order chi connectivity index (χ0) is 9.30. The Balaban J connectivity index is 3.37. The first-order chi connectivity index (χ1) is 5.52. The van der Waals surface area contributed by atoms with Crippen LogP contribution >= 0.6 is 23.2 Å². The van der Waals surface area contributed by atoms with E-state index in [2.05, 4.69) is 9.97 Å². The lowest BCUT2D eigenvalue weighted by molar-refractivity contribution is 0.107. The van der Waals surface area contributed by atoms with Crippen LogP contribution in [0.5, 0.6) is 0 Å². The van der Waals surface area contributed by atoms with E-state index in [4.69, 9.17) is 23.2 Å². The summed E-state index contributed by atoms with van der Waals surface area (Å²) in [6.07, 6.45) is 0. The van der Waals surface area contributed by atoms with Crippen molar-refractivity contribution < 1.29 is 4.79 Å². The van der Waals surface area contributed by atoms with Gasteiger partial charge in [0.25, 0.3) is 5.24 Å². The maximum atomic E-state index is 10.8. The average molecular weight is 205 g/mol. The van der Waals surface area contributed by atoms with Crippen molar-refractivity contribution in [1.29, 1.82) is 0 Å². The highest BCUT2D eigenvalue weighted by Gasteiger charge is 2.12. The maximum Gasteiger partial charge on any atom is 0.271 e. The topological polar surface area (TPSA) is 42.9 Å². The van der Waals surface area contributed by atoms with Crippen LogP contribution in [-0.2, 0) is 0 Å². The molecule has 0 aliphatic carbocycles. The summed E-state index contributed by atoms with van der Waals surface area (Å²) in [6.45, 7) is 3.30. The van der Waals surface area contributed by atoms with Gasteiger partial charge >= 0.3 is 0 Å². The molecule has 0 bridgehead atoms. The van der Waals surface area contributed by atoms with E-state index in [0.29, 0.717) is 11.4 Å². The fourth-order valence-electron chi connectivity index (χ4n) is 0.786. The standard InChI is InChI=1S/C7H6Cl2N2O/c1-3-5(7(9)12)10-4(2)11-6(3)8/h1-2H3. The Hall–Kier alpha value is -0.670. The van der Waals surface area contributed by atoms with Crippen molar-refractivity contribution in [3.05, 3.63) is 22.2 Å². The van der Waals surface area contributed by atoms with Crippen LogP contribution < -0.4 is 0 Å². The summed E-state index contributed by atoms with van der Waals surface area (Å²) in [5, 5.41) is -0.341. The molecule has 1 heterocycles. The highest BCUT2D eigenvalue weighted by molar-refractivity contribution is 6.67. The Morgan fingerprint density at radius 1 is 1.33 bits per heavy atom. The van der Waals surface area contributed by atoms with E-state index in [1.165, 1.54) is 0 Å². The second kappa shape index (κ2) is 3.37. The van der Waals surface area contributed by atoms with Gasteiger partial charge < -0.3 is 0 Å². The SMILES string of the molecule is Cc1nc(Cl)c(C)c(C(=O)Cl)n1. The van der Waals surface area contributed by atoms with Crippen LogP contribution in [0.4, 0.5) is 0 Å². The van der Waals surface area contributed by atoms with Crippen molar-refractivity contribution >= 4 is 28.4 Å². The first-order valence-corrected chi connectivity index (χ1v) is 3.98. The third-order valence-electron chi connectivity index (χ3n) is 1.38. The van der Waals surface area contributed by atoms with Gasteiger partial charge in [-0.15, -0.1) is 0 Å². The number of nitrogens with zero attached hydrogens (tertiary/aromatic N) is 2. The molecular formula is C7H6Cl2N2O. The molecule has 1 aromatic heterocycles. The van der Waals surface area contributed by atoms with Gasteiger partial charge in [-0.05, 0) is 25.4 Å². The number of hydrogen-bond acceptors (Lipinski definition) is 3. The van der Waals surface area contributed by atoms with Gasteiger partial charge in [-0.2, -0.15) is 0 Å². The third kappa shape index (κ3) is 1.73. The lowest BCUT2D eigenvalue weighted by atomic mass is 10.3. The van der Waals surface area contributed by atoms with E-state index >= 15 is 0 Å². The molecule has 0 atom stereocenters. The van der Waals surface area contributed by atoms with Crippen LogP contribution in [0.1, 0.15) is 21.9 Å². The molecule has 0 aromatic carbocycles. The smallest absolute Gasteiger partial charge is 0.271 e. The van der Waals surface area contributed by atoms with Gasteiger partial charge in [0.05, 0.1) is 0 Å². The molecule has 0 N–H and O–H groups in total. The number of rotatable bonds is 1. The number of aryl methyl sites for hydroxylation is 1. The Kier molecular flexibility index (Phi) is 2.65. The summed E-state index contributed by atoms with van der Waals surface area (Å²) >= 11 is 11.0. The van der Waals surface area contributed by atoms with Gasteiger partial charge in [-0.1, -0.05) is 11.6 Å². The van der Waals surface area contributed by atoms with Gasteiger partial charge in [0.15, 0.2) is 0 Å². The molecule has 0 radical (unpaired) electrons. The molecule has 3 nitrogen and oxygen atoms in total. The molecule has 1 aromatic rings. The van der Waals surface area contributed by atoms with Crippen molar-refractivity contribution in [3.63, 3.8) is 0 Å². The van der Waals surface area contributed by atoms with Gasteiger partial charge in [-0.25, -0.2) is 9.97 Å². The van der Waals surface area contributed by atoms with Crippen LogP contribution in [0.3, 0.4) is 0 Å². The lowest BCUT2D eigenvalue weighted by Gasteiger charge is -2.01. The Morgan fingerprint density at radius 2 is 1.92 bits per heavy atom. The summed E-state index contributed by atoms with van der Waals surface area (Å²) < 4.78 is 0. The van der Waals surface area contributed by atoms with E-state index in [1.54, 1.807) is 13.8 Å².